The van der Waals surface area contributed by atoms with Gasteiger partial charge in [-0.05, 0) is 51.6 Å². The van der Waals surface area contributed by atoms with Crippen LogP contribution in [0.25, 0.3) is 0 Å². The first-order valence-corrected chi connectivity index (χ1v) is 8.06. The first-order valence-electron chi connectivity index (χ1n) is 8.06. The van der Waals surface area contributed by atoms with Crippen molar-refractivity contribution < 1.29 is 0 Å². The van der Waals surface area contributed by atoms with Crippen LogP contribution >= 0.6 is 0 Å². The molecule has 0 aliphatic rings. The van der Waals surface area contributed by atoms with Crippen molar-refractivity contribution in [2.45, 2.75) is 72.8 Å². The molecule has 1 unspecified atom stereocenters. The summed E-state index contributed by atoms with van der Waals surface area (Å²) in [6.45, 7) is 16.3. The van der Waals surface area contributed by atoms with Crippen LogP contribution in [0.2, 0.25) is 0 Å². The molecule has 0 bridgehead atoms. The highest BCUT2D eigenvalue weighted by atomic mass is 15.2. The molecule has 2 heteroatoms. The molecule has 0 radical (unpaired) electrons. The van der Waals surface area contributed by atoms with Crippen molar-refractivity contribution in [3.8, 4) is 0 Å². The summed E-state index contributed by atoms with van der Waals surface area (Å²) in [6.07, 6.45) is 6.55. The zero-order valence-corrected chi connectivity index (χ0v) is 13.5. The first-order chi connectivity index (χ1) is 8.61. The second kappa shape index (κ2) is 12.0. The molecule has 2 nitrogen and oxygen atoms in total. The number of hydrogen-bond acceptors (Lipinski definition) is 2. The lowest BCUT2D eigenvalue weighted by Gasteiger charge is -2.28. The summed E-state index contributed by atoms with van der Waals surface area (Å²) in [6, 6.07) is 0.731. The lowest BCUT2D eigenvalue weighted by atomic mass is 10.1. The van der Waals surface area contributed by atoms with E-state index in [0.717, 1.165) is 18.5 Å². The van der Waals surface area contributed by atoms with Crippen molar-refractivity contribution >= 4 is 0 Å². The van der Waals surface area contributed by atoms with E-state index < -0.39 is 0 Å². The van der Waals surface area contributed by atoms with Gasteiger partial charge in [0.2, 0.25) is 0 Å². The predicted octanol–water partition coefficient (Wildman–Crippen LogP) is 3.91. The van der Waals surface area contributed by atoms with Crippen LogP contribution in [0, 0.1) is 5.92 Å². The average molecular weight is 256 g/mol. The molecule has 1 atom stereocenters. The van der Waals surface area contributed by atoms with E-state index in [1.54, 1.807) is 0 Å². The lowest BCUT2D eigenvalue weighted by molar-refractivity contribution is 0.201. The van der Waals surface area contributed by atoms with Gasteiger partial charge in [-0.3, -0.25) is 4.90 Å². The van der Waals surface area contributed by atoms with E-state index in [1.165, 1.54) is 51.7 Å². The van der Waals surface area contributed by atoms with E-state index in [9.17, 15) is 0 Å². The zero-order valence-electron chi connectivity index (χ0n) is 13.5. The summed E-state index contributed by atoms with van der Waals surface area (Å²) >= 11 is 0. The van der Waals surface area contributed by atoms with Gasteiger partial charge in [-0.25, -0.2) is 0 Å². The summed E-state index contributed by atoms with van der Waals surface area (Å²) in [5.41, 5.74) is 0. The molecule has 0 spiro atoms. The maximum Gasteiger partial charge on any atom is 0.0110 e. The van der Waals surface area contributed by atoms with Gasteiger partial charge >= 0.3 is 0 Å². The van der Waals surface area contributed by atoms with Gasteiger partial charge in [0, 0.05) is 19.1 Å². The van der Waals surface area contributed by atoms with Gasteiger partial charge in [-0.15, -0.1) is 0 Å². The molecule has 0 amide bonds. The predicted molar refractivity (Wildman–Crippen MR) is 83.2 cm³/mol. The Balaban J connectivity index is 3.62. The Bertz CT molecular complexity index is 168. The lowest BCUT2D eigenvalue weighted by Crippen LogP contribution is -2.39. The quantitative estimate of drug-likeness (QED) is 0.533. The fourth-order valence-corrected chi connectivity index (χ4v) is 2.15. The molecule has 0 fully saturated rings. The van der Waals surface area contributed by atoms with Crippen LogP contribution in [0.3, 0.4) is 0 Å². The number of nitrogens with one attached hydrogen (secondary N) is 1. The molecule has 0 saturated carbocycles. The van der Waals surface area contributed by atoms with Crippen molar-refractivity contribution in [3.05, 3.63) is 0 Å². The fraction of sp³-hybridized carbons (Fsp3) is 1.00. The Kier molecular flexibility index (Phi) is 11.9. The molecule has 18 heavy (non-hydrogen) atoms. The minimum absolute atomic E-state index is 0.731. The van der Waals surface area contributed by atoms with Crippen molar-refractivity contribution in [3.63, 3.8) is 0 Å². The second-order valence-electron chi connectivity index (χ2n) is 5.93. The SMILES string of the molecule is CCCCN(CCNCCCC(C)C)C(C)CC. The summed E-state index contributed by atoms with van der Waals surface area (Å²) in [5.74, 6) is 0.841. The van der Waals surface area contributed by atoms with Crippen molar-refractivity contribution in [2.75, 3.05) is 26.2 Å². The Labute approximate surface area is 116 Å². The van der Waals surface area contributed by atoms with Crippen LogP contribution in [0.15, 0.2) is 0 Å². The Morgan fingerprint density at radius 1 is 0.944 bits per heavy atom. The van der Waals surface area contributed by atoms with Gasteiger partial charge in [0.05, 0.1) is 0 Å². The third-order valence-corrected chi connectivity index (χ3v) is 3.72. The largest absolute Gasteiger partial charge is 0.315 e. The highest BCUT2D eigenvalue weighted by Gasteiger charge is 2.10. The smallest absolute Gasteiger partial charge is 0.0110 e. The summed E-state index contributed by atoms with van der Waals surface area (Å²) in [4.78, 5) is 2.64. The van der Waals surface area contributed by atoms with Crippen LogP contribution in [0.4, 0.5) is 0 Å². The first kappa shape index (κ1) is 17.9. The topological polar surface area (TPSA) is 15.3 Å². The fourth-order valence-electron chi connectivity index (χ4n) is 2.15. The highest BCUT2D eigenvalue weighted by Crippen LogP contribution is 2.05. The third-order valence-electron chi connectivity index (χ3n) is 3.72. The maximum absolute atomic E-state index is 3.58. The molecule has 0 aliphatic carbocycles. The summed E-state index contributed by atoms with van der Waals surface area (Å²) in [5, 5.41) is 3.58. The van der Waals surface area contributed by atoms with Gasteiger partial charge in [0.15, 0.2) is 0 Å². The van der Waals surface area contributed by atoms with E-state index in [0.29, 0.717) is 0 Å². The molecular weight excluding hydrogens is 220 g/mol. The third kappa shape index (κ3) is 9.90. The second-order valence-corrected chi connectivity index (χ2v) is 5.93. The van der Waals surface area contributed by atoms with Crippen molar-refractivity contribution in [2.24, 2.45) is 5.92 Å². The van der Waals surface area contributed by atoms with E-state index in [2.05, 4.69) is 44.8 Å². The van der Waals surface area contributed by atoms with Gasteiger partial charge in [-0.1, -0.05) is 34.1 Å². The molecule has 0 aromatic heterocycles. The van der Waals surface area contributed by atoms with Crippen LogP contribution in [0.5, 0.6) is 0 Å². The number of unbranched alkanes of at least 4 members (excludes halogenated alkanes) is 1. The minimum Gasteiger partial charge on any atom is -0.315 e. The van der Waals surface area contributed by atoms with Crippen LogP contribution in [-0.4, -0.2) is 37.1 Å². The Morgan fingerprint density at radius 3 is 2.22 bits per heavy atom. The molecule has 1 N–H and O–H groups in total. The van der Waals surface area contributed by atoms with Crippen molar-refractivity contribution in [1.29, 1.82) is 0 Å². The molecule has 0 saturated heterocycles. The normalized spacial score (nSPS) is 13.5. The van der Waals surface area contributed by atoms with Gasteiger partial charge < -0.3 is 5.32 Å². The Morgan fingerprint density at radius 2 is 1.67 bits per heavy atom. The van der Waals surface area contributed by atoms with E-state index >= 15 is 0 Å². The van der Waals surface area contributed by atoms with Gasteiger partial charge in [0.1, 0.15) is 0 Å². The Hall–Kier alpha value is -0.0800. The average Bonchev–Trinajstić information content (AvgIpc) is 2.35. The highest BCUT2D eigenvalue weighted by molar-refractivity contribution is 4.67. The molecule has 0 aromatic rings. The zero-order chi connectivity index (χ0) is 13.8. The molecule has 0 rings (SSSR count). The van der Waals surface area contributed by atoms with Crippen LogP contribution < -0.4 is 5.32 Å². The maximum atomic E-state index is 3.58. The van der Waals surface area contributed by atoms with Crippen LogP contribution in [-0.2, 0) is 0 Å². The van der Waals surface area contributed by atoms with E-state index in [4.69, 9.17) is 0 Å². The van der Waals surface area contributed by atoms with Crippen molar-refractivity contribution in [1.82, 2.24) is 10.2 Å². The number of rotatable bonds is 12. The molecule has 0 aromatic carbocycles. The van der Waals surface area contributed by atoms with E-state index in [-0.39, 0.29) is 0 Å². The molecule has 0 aliphatic heterocycles. The summed E-state index contributed by atoms with van der Waals surface area (Å²) in [7, 11) is 0. The number of hydrogen-bond donors (Lipinski definition) is 1. The number of nitrogens with zero attached hydrogens (tertiary/aromatic N) is 1. The monoisotopic (exact) mass is 256 g/mol. The van der Waals surface area contributed by atoms with Crippen LogP contribution in [0.1, 0.15) is 66.7 Å². The molecular formula is C16H36N2. The molecule has 0 heterocycles. The van der Waals surface area contributed by atoms with E-state index in [1.807, 2.05) is 0 Å². The molecule has 110 valence electrons. The standard InChI is InChI=1S/C16H36N2/c1-6-8-13-18(16(5)7-2)14-12-17-11-9-10-15(3)4/h15-17H,6-14H2,1-5H3. The summed E-state index contributed by atoms with van der Waals surface area (Å²) < 4.78 is 0. The minimum atomic E-state index is 0.731. The van der Waals surface area contributed by atoms with Gasteiger partial charge in [0.25, 0.3) is 0 Å². The van der Waals surface area contributed by atoms with Gasteiger partial charge in [-0.2, -0.15) is 0 Å².